The Bertz CT molecular complexity index is 1100. The molecule has 210 valence electrons. The number of benzene rings is 1. The summed E-state index contributed by atoms with van der Waals surface area (Å²) >= 11 is 1.50. The SMILES string of the molecule is CSCCC(NC(=O)C(Cc1c[nH]c2ccccc12)NC(=O)C(N)CC(C)C)C(=O)NC(C(=O)O)C(C)C. The standard InChI is InChI=1S/C27H41N5O5S/c1-15(2)12-19(28)24(33)31-22(13-17-14-29-20-9-7-6-8-18(17)20)26(35)30-21(10-11-38-5)25(34)32-23(16(3)4)27(36)37/h6-9,14-16,19,21-23,29H,10-13,28H2,1-5H3,(H,30,35)(H,31,33)(H,32,34)(H,36,37). The molecular formula is C27H41N5O5S. The Hall–Kier alpha value is -3.05. The van der Waals surface area contributed by atoms with E-state index in [2.05, 4.69) is 20.9 Å². The van der Waals surface area contributed by atoms with Crippen LogP contribution in [-0.2, 0) is 25.6 Å². The number of carboxylic acids is 1. The van der Waals surface area contributed by atoms with Gasteiger partial charge < -0.3 is 31.8 Å². The highest BCUT2D eigenvalue weighted by molar-refractivity contribution is 7.98. The molecule has 7 N–H and O–H groups in total. The van der Waals surface area contributed by atoms with E-state index in [9.17, 15) is 24.3 Å². The molecule has 4 atom stereocenters. The molecule has 4 unspecified atom stereocenters. The van der Waals surface area contributed by atoms with Crippen LogP contribution in [0.4, 0.5) is 0 Å². The van der Waals surface area contributed by atoms with Crippen LogP contribution in [0.15, 0.2) is 30.5 Å². The maximum atomic E-state index is 13.5. The molecule has 1 aromatic heterocycles. The lowest BCUT2D eigenvalue weighted by molar-refractivity contribution is -0.143. The maximum absolute atomic E-state index is 13.5. The monoisotopic (exact) mass is 547 g/mol. The van der Waals surface area contributed by atoms with Gasteiger partial charge >= 0.3 is 5.97 Å². The second-order valence-electron chi connectivity index (χ2n) is 10.3. The van der Waals surface area contributed by atoms with Crippen molar-refractivity contribution in [1.82, 2.24) is 20.9 Å². The molecule has 0 bridgehead atoms. The number of rotatable bonds is 15. The number of H-pyrrole nitrogens is 1. The summed E-state index contributed by atoms with van der Waals surface area (Å²) in [5.41, 5.74) is 7.81. The van der Waals surface area contributed by atoms with Crippen molar-refractivity contribution in [1.29, 1.82) is 0 Å². The zero-order valence-corrected chi connectivity index (χ0v) is 23.6. The van der Waals surface area contributed by atoms with E-state index in [0.29, 0.717) is 18.6 Å². The fraction of sp³-hybridized carbons (Fsp3) is 0.556. The molecule has 0 saturated carbocycles. The Morgan fingerprint density at radius 2 is 1.61 bits per heavy atom. The second-order valence-corrected chi connectivity index (χ2v) is 11.3. The van der Waals surface area contributed by atoms with E-state index in [-0.39, 0.29) is 18.3 Å². The zero-order chi connectivity index (χ0) is 28.4. The van der Waals surface area contributed by atoms with Crippen molar-refractivity contribution < 1.29 is 24.3 Å². The first-order valence-corrected chi connectivity index (χ1v) is 14.3. The van der Waals surface area contributed by atoms with Crippen molar-refractivity contribution in [2.24, 2.45) is 17.6 Å². The van der Waals surface area contributed by atoms with E-state index in [1.807, 2.05) is 44.4 Å². The number of aromatic nitrogens is 1. The van der Waals surface area contributed by atoms with Crippen LogP contribution in [0, 0.1) is 11.8 Å². The van der Waals surface area contributed by atoms with Gasteiger partial charge in [0.25, 0.3) is 0 Å². The predicted octanol–water partition coefficient (Wildman–Crippen LogP) is 2.03. The van der Waals surface area contributed by atoms with Gasteiger partial charge in [0.2, 0.25) is 17.7 Å². The van der Waals surface area contributed by atoms with E-state index < -0.39 is 47.9 Å². The Labute approximate surface area is 228 Å². The molecule has 38 heavy (non-hydrogen) atoms. The first-order chi connectivity index (χ1) is 17.9. The van der Waals surface area contributed by atoms with Crippen LogP contribution in [0.25, 0.3) is 10.9 Å². The van der Waals surface area contributed by atoms with Crippen LogP contribution in [-0.4, -0.2) is 70.0 Å². The highest BCUT2D eigenvalue weighted by Crippen LogP contribution is 2.19. The number of nitrogens with one attached hydrogen (secondary N) is 4. The number of hydrogen-bond donors (Lipinski definition) is 6. The normalized spacial score (nSPS) is 14.6. The number of carbonyl (C=O) groups is 4. The van der Waals surface area contributed by atoms with Gasteiger partial charge in [0.15, 0.2) is 0 Å². The van der Waals surface area contributed by atoms with Crippen molar-refractivity contribution in [3.05, 3.63) is 36.0 Å². The van der Waals surface area contributed by atoms with E-state index in [4.69, 9.17) is 5.73 Å². The molecule has 0 aliphatic heterocycles. The Morgan fingerprint density at radius 1 is 0.974 bits per heavy atom. The summed E-state index contributed by atoms with van der Waals surface area (Å²) in [6, 6.07) is 3.79. The minimum absolute atomic E-state index is 0.177. The molecule has 10 nitrogen and oxygen atoms in total. The average molecular weight is 548 g/mol. The number of aromatic amines is 1. The highest BCUT2D eigenvalue weighted by Gasteiger charge is 2.31. The van der Waals surface area contributed by atoms with Crippen LogP contribution in [0.2, 0.25) is 0 Å². The van der Waals surface area contributed by atoms with Crippen molar-refractivity contribution in [2.45, 2.75) is 71.1 Å². The molecule has 2 rings (SSSR count). The molecule has 0 spiro atoms. The van der Waals surface area contributed by atoms with Gasteiger partial charge in [0.1, 0.15) is 18.1 Å². The van der Waals surface area contributed by atoms with Crippen molar-refractivity contribution in [3.63, 3.8) is 0 Å². The number of para-hydroxylation sites is 1. The Balaban J connectivity index is 2.29. The van der Waals surface area contributed by atoms with Gasteiger partial charge in [0, 0.05) is 23.5 Å². The van der Waals surface area contributed by atoms with Crippen LogP contribution in [0.1, 0.15) is 46.1 Å². The van der Waals surface area contributed by atoms with Crippen LogP contribution >= 0.6 is 11.8 Å². The van der Waals surface area contributed by atoms with Gasteiger partial charge in [-0.2, -0.15) is 11.8 Å². The van der Waals surface area contributed by atoms with Crippen molar-refractivity contribution in [3.8, 4) is 0 Å². The summed E-state index contributed by atoms with van der Waals surface area (Å²) in [4.78, 5) is 54.3. The number of amides is 3. The van der Waals surface area contributed by atoms with Gasteiger partial charge in [0.05, 0.1) is 6.04 Å². The lowest BCUT2D eigenvalue weighted by Gasteiger charge is -2.26. The third-order valence-electron chi connectivity index (χ3n) is 6.27. The number of nitrogens with two attached hydrogens (primary N) is 1. The number of carboxylic acid groups (broad SMARTS) is 1. The van der Waals surface area contributed by atoms with Gasteiger partial charge in [-0.25, -0.2) is 4.79 Å². The molecule has 0 aliphatic rings. The lowest BCUT2D eigenvalue weighted by atomic mass is 10.0. The minimum Gasteiger partial charge on any atom is -0.480 e. The van der Waals surface area contributed by atoms with Crippen molar-refractivity contribution in [2.75, 3.05) is 12.0 Å². The topological polar surface area (TPSA) is 166 Å². The number of thioether (sulfide) groups is 1. The van der Waals surface area contributed by atoms with E-state index >= 15 is 0 Å². The van der Waals surface area contributed by atoms with E-state index in [0.717, 1.165) is 16.5 Å². The second kappa shape index (κ2) is 14.8. The molecule has 0 fully saturated rings. The van der Waals surface area contributed by atoms with Crippen LogP contribution in [0.3, 0.4) is 0 Å². The summed E-state index contributed by atoms with van der Waals surface area (Å²) in [5.74, 6) is -2.30. The Morgan fingerprint density at radius 3 is 2.21 bits per heavy atom. The van der Waals surface area contributed by atoms with Gasteiger partial charge in [-0.3, -0.25) is 14.4 Å². The third-order valence-corrected chi connectivity index (χ3v) is 6.91. The summed E-state index contributed by atoms with van der Waals surface area (Å²) in [7, 11) is 0. The van der Waals surface area contributed by atoms with Gasteiger partial charge in [-0.15, -0.1) is 0 Å². The van der Waals surface area contributed by atoms with Gasteiger partial charge in [-0.05, 0) is 48.3 Å². The molecule has 1 aromatic carbocycles. The first kappa shape index (κ1) is 31.2. The fourth-order valence-corrected chi connectivity index (χ4v) is 4.64. The molecule has 11 heteroatoms. The average Bonchev–Trinajstić information content (AvgIpc) is 3.26. The van der Waals surface area contributed by atoms with E-state index in [1.165, 1.54) is 11.8 Å². The number of fused-ring (bicyclic) bond motifs is 1. The highest BCUT2D eigenvalue weighted by atomic mass is 32.2. The maximum Gasteiger partial charge on any atom is 0.326 e. The summed E-state index contributed by atoms with van der Waals surface area (Å²) in [5, 5.41) is 18.5. The smallest absolute Gasteiger partial charge is 0.326 e. The minimum atomic E-state index is -1.15. The molecule has 3 amide bonds. The Kier molecular flexibility index (Phi) is 12.1. The largest absolute Gasteiger partial charge is 0.480 e. The molecule has 0 aliphatic carbocycles. The van der Waals surface area contributed by atoms with E-state index in [1.54, 1.807) is 20.0 Å². The predicted molar refractivity (Wildman–Crippen MR) is 151 cm³/mol. The first-order valence-electron chi connectivity index (χ1n) is 12.9. The quantitative estimate of drug-likeness (QED) is 0.198. The lowest BCUT2D eigenvalue weighted by Crippen LogP contribution is -2.58. The molecular weight excluding hydrogens is 506 g/mol. The van der Waals surface area contributed by atoms with Gasteiger partial charge in [-0.1, -0.05) is 45.9 Å². The van der Waals surface area contributed by atoms with Crippen LogP contribution in [0.5, 0.6) is 0 Å². The molecule has 0 saturated heterocycles. The molecule has 2 aromatic rings. The van der Waals surface area contributed by atoms with Crippen molar-refractivity contribution >= 4 is 46.4 Å². The number of aliphatic carboxylic acids is 1. The van der Waals surface area contributed by atoms with Crippen LogP contribution < -0.4 is 21.7 Å². The summed E-state index contributed by atoms with van der Waals surface area (Å²) in [6.07, 6.45) is 4.60. The summed E-state index contributed by atoms with van der Waals surface area (Å²) in [6.45, 7) is 7.31. The number of hydrogen-bond acceptors (Lipinski definition) is 6. The fourth-order valence-electron chi connectivity index (χ4n) is 4.17. The summed E-state index contributed by atoms with van der Waals surface area (Å²) < 4.78 is 0. The zero-order valence-electron chi connectivity index (χ0n) is 22.7. The molecule has 1 heterocycles. The third kappa shape index (κ3) is 9.05. The number of carbonyl (C=O) groups excluding carboxylic acids is 3. The molecule has 0 radical (unpaired) electrons.